The van der Waals surface area contributed by atoms with E-state index >= 15 is 0 Å². The molecule has 1 unspecified atom stereocenters. The van der Waals surface area contributed by atoms with E-state index in [2.05, 4.69) is 5.32 Å². The zero-order valence-electron chi connectivity index (χ0n) is 17.0. The number of aromatic nitrogens is 2. The number of carbonyl (C=O) groups excluding carboxylic acids is 2. The molecule has 8 heteroatoms. The fourth-order valence-corrected chi connectivity index (χ4v) is 3.17. The number of anilines is 1. The molecular formula is C22H23N3O5. The number of esters is 1. The van der Waals surface area contributed by atoms with Gasteiger partial charge in [0.1, 0.15) is 6.54 Å². The lowest BCUT2D eigenvalue weighted by Crippen LogP contribution is -2.41. The minimum absolute atomic E-state index is 0.173. The summed E-state index contributed by atoms with van der Waals surface area (Å²) < 4.78 is 7.49. The summed E-state index contributed by atoms with van der Waals surface area (Å²) in [5.41, 5.74) is 0.835. The van der Waals surface area contributed by atoms with Crippen LogP contribution in [0.3, 0.4) is 0 Å². The average Bonchev–Trinajstić information content (AvgIpc) is 2.73. The van der Waals surface area contributed by atoms with Gasteiger partial charge < -0.3 is 10.1 Å². The molecule has 0 fully saturated rings. The number of aryl methyl sites for hydroxylation is 1. The van der Waals surface area contributed by atoms with E-state index in [1.54, 1.807) is 43.3 Å². The first-order valence-electron chi connectivity index (χ1n) is 9.61. The van der Waals surface area contributed by atoms with Crippen LogP contribution >= 0.6 is 0 Å². The van der Waals surface area contributed by atoms with E-state index in [1.807, 2.05) is 19.1 Å². The number of benzene rings is 2. The van der Waals surface area contributed by atoms with Crippen LogP contribution in [0.25, 0.3) is 10.9 Å². The quantitative estimate of drug-likeness (QED) is 0.629. The zero-order chi connectivity index (χ0) is 21.8. The van der Waals surface area contributed by atoms with Crippen LogP contribution in [0.4, 0.5) is 5.69 Å². The molecule has 3 aromatic rings. The average molecular weight is 409 g/mol. The number of para-hydroxylation sites is 2. The Bertz CT molecular complexity index is 1230. The highest BCUT2D eigenvalue weighted by Gasteiger charge is 2.21. The molecule has 30 heavy (non-hydrogen) atoms. The molecule has 0 spiro atoms. The molecule has 1 N–H and O–H groups in total. The summed E-state index contributed by atoms with van der Waals surface area (Å²) in [4.78, 5) is 50.0. The van der Waals surface area contributed by atoms with Crippen molar-refractivity contribution in [2.24, 2.45) is 0 Å². The van der Waals surface area contributed by atoms with Crippen LogP contribution < -0.4 is 16.6 Å². The van der Waals surface area contributed by atoms with E-state index in [0.29, 0.717) is 16.6 Å². The number of nitrogens with one attached hydrogen (secondary N) is 1. The Labute approximate surface area is 172 Å². The number of nitrogens with zero attached hydrogens (tertiary/aromatic N) is 2. The third-order valence-corrected chi connectivity index (χ3v) is 4.82. The molecule has 0 saturated heterocycles. The van der Waals surface area contributed by atoms with Crippen molar-refractivity contribution in [1.82, 2.24) is 9.13 Å². The number of fused-ring (bicyclic) bond motifs is 1. The zero-order valence-corrected chi connectivity index (χ0v) is 17.0. The van der Waals surface area contributed by atoms with Crippen LogP contribution in [0.5, 0.6) is 0 Å². The number of ether oxygens (including phenoxy) is 1. The van der Waals surface area contributed by atoms with E-state index in [-0.39, 0.29) is 6.54 Å². The van der Waals surface area contributed by atoms with E-state index in [1.165, 1.54) is 11.5 Å². The van der Waals surface area contributed by atoms with E-state index in [4.69, 9.17) is 4.74 Å². The van der Waals surface area contributed by atoms with Gasteiger partial charge >= 0.3 is 11.7 Å². The smallest absolute Gasteiger partial charge is 0.332 e. The first-order valence-corrected chi connectivity index (χ1v) is 9.61. The summed E-state index contributed by atoms with van der Waals surface area (Å²) in [5, 5.41) is 3.05. The fourth-order valence-electron chi connectivity index (χ4n) is 3.17. The standard InChI is InChI=1S/C22H23N3O5/c1-4-24-21(28)16-10-6-8-12-18(16)25(22(24)29)13-19(26)30-15(3)20(27)23-17-11-7-5-9-14(17)2/h5-12,15H,4,13H2,1-3H3,(H,23,27). The molecule has 1 aromatic heterocycles. The number of rotatable bonds is 6. The van der Waals surface area contributed by atoms with Crippen molar-refractivity contribution in [2.75, 3.05) is 5.32 Å². The maximum absolute atomic E-state index is 12.7. The molecule has 1 atom stereocenters. The van der Waals surface area contributed by atoms with Gasteiger partial charge in [0.15, 0.2) is 6.10 Å². The van der Waals surface area contributed by atoms with Crippen LogP contribution in [0.1, 0.15) is 19.4 Å². The number of hydrogen-bond donors (Lipinski definition) is 1. The minimum Gasteiger partial charge on any atom is -0.451 e. The lowest BCUT2D eigenvalue weighted by molar-refractivity contribution is -0.153. The van der Waals surface area contributed by atoms with Crippen LogP contribution in [0.2, 0.25) is 0 Å². The van der Waals surface area contributed by atoms with E-state index in [9.17, 15) is 19.2 Å². The number of amides is 1. The summed E-state index contributed by atoms with van der Waals surface area (Å²) >= 11 is 0. The number of hydrogen-bond acceptors (Lipinski definition) is 5. The Morgan fingerprint density at radius 3 is 2.40 bits per heavy atom. The van der Waals surface area contributed by atoms with Crippen molar-refractivity contribution in [3.63, 3.8) is 0 Å². The van der Waals surface area contributed by atoms with E-state index in [0.717, 1.165) is 10.1 Å². The van der Waals surface area contributed by atoms with Gasteiger partial charge in [-0.3, -0.25) is 23.5 Å². The summed E-state index contributed by atoms with van der Waals surface area (Å²) in [7, 11) is 0. The van der Waals surface area contributed by atoms with Crippen molar-refractivity contribution < 1.29 is 14.3 Å². The summed E-state index contributed by atoms with van der Waals surface area (Å²) in [6.07, 6.45) is -1.06. The van der Waals surface area contributed by atoms with Crippen LogP contribution in [0.15, 0.2) is 58.1 Å². The summed E-state index contributed by atoms with van der Waals surface area (Å²) in [5.74, 6) is -1.23. The molecule has 2 aromatic carbocycles. The van der Waals surface area contributed by atoms with Crippen molar-refractivity contribution in [3.05, 3.63) is 74.9 Å². The summed E-state index contributed by atoms with van der Waals surface area (Å²) in [6.45, 7) is 4.75. The lowest BCUT2D eigenvalue weighted by atomic mass is 10.2. The topological polar surface area (TPSA) is 99.4 Å². The molecule has 0 aliphatic rings. The van der Waals surface area contributed by atoms with Crippen molar-refractivity contribution in [1.29, 1.82) is 0 Å². The second kappa shape index (κ2) is 8.77. The first kappa shape index (κ1) is 21.0. The predicted octanol–water partition coefficient (Wildman–Crippen LogP) is 2.06. The van der Waals surface area contributed by atoms with E-state index < -0.39 is 35.8 Å². The highest BCUT2D eigenvalue weighted by molar-refractivity contribution is 5.95. The Balaban J connectivity index is 1.80. The van der Waals surface area contributed by atoms with Crippen molar-refractivity contribution in [3.8, 4) is 0 Å². The van der Waals surface area contributed by atoms with Gasteiger partial charge in [-0.1, -0.05) is 30.3 Å². The van der Waals surface area contributed by atoms with Gasteiger partial charge in [-0.25, -0.2) is 4.79 Å². The van der Waals surface area contributed by atoms with Crippen LogP contribution in [-0.4, -0.2) is 27.1 Å². The molecular weight excluding hydrogens is 386 g/mol. The summed E-state index contributed by atoms with van der Waals surface area (Å²) in [6, 6.07) is 13.8. The highest BCUT2D eigenvalue weighted by atomic mass is 16.5. The first-order chi connectivity index (χ1) is 14.3. The van der Waals surface area contributed by atoms with Gasteiger partial charge in [-0.15, -0.1) is 0 Å². The Morgan fingerprint density at radius 1 is 1.03 bits per heavy atom. The Hall–Kier alpha value is -3.68. The largest absolute Gasteiger partial charge is 0.451 e. The molecule has 0 radical (unpaired) electrons. The third kappa shape index (κ3) is 4.17. The van der Waals surface area contributed by atoms with Gasteiger partial charge in [0.2, 0.25) is 0 Å². The highest BCUT2D eigenvalue weighted by Crippen LogP contribution is 2.14. The second-order valence-corrected chi connectivity index (χ2v) is 6.87. The Morgan fingerprint density at radius 2 is 1.70 bits per heavy atom. The third-order valence-electron chi connectivity index (χ3n) is 4.82. The molecule has 0 aliphatic heterocycles. The predicted molar refractivity (Wildman–Crippen MR) is 114 cm³/mol. The molecule has 1 amide bonds. The normalized spacial score (nSPS) is 11.8. The van der Waals surface area contributed by atoms with Crippen LogP contribution in [0, 0.1) is 6.92 Å². The molecule has 8 nitrogen and oxygen atoms in total. The van der Waals surface area contributed by atoms with Gasteiger partial charge in [-0.2, -0.15) is 0 Å². The van der Waals surface area contributed by atoms with Gasteiger partial charge in [0, 0.05) is 12.2 Å². The maximum Gasteiger partial charge on any atom is 0.332 e. The van der Waals surface area contributed by atoms with Crippen LogP contribution in [-0.2, 0) is 27.4 Å². The minimum atomic E-state index is -1.06. The fraction of sp³-hybridized carbons (Fsp3) is 0.273. The molecule has 0 aliphatic carbocycles. The molecule has 1 heterocycles. The van der Waals surface area contributed by atoms with Gasteiger partial charge in [-0.05, 0) is 44.5 Å². The second-order valence-electron chi connectivity index (χ2n) is 6.87. The molecule has 0 saturated carbocycles. The molecule has 3 rings (SSSR count). The molecule has 0 bridgehead atoms. The van der Waals surface area contributed by atoms with Gasteiger partial charge in [0.05, 0.1) is 10.9 Å². The molecule has 156 valence electrons. The number of carbonyl (C=O) groups is 2. The van der Waals surface area contributed by atoms with Crippen molar-refractivity contribution >= 4 is 28.5 Å². The maximum atomic E-state index is 12.7. The Kier molecular flexibility index (Phi) is 6.15. The van der Waals surface area contributed by atoms with Crippen molar-refractivity contribution in [2.45, 2.75) is 40.0 Å². The SMILES string of the molecule is CCn1c(=O)c2ccccc2n(CC(=O)OC(C)C(=O)Nc2ccccc2C)c1=O. The lowest BCUT2D eigenvalue weighted by Gasteiger charge is -2.16. The monoisotopic (exact) mass is 409 g/mol. The van der Waals surface area contributed by atoms with Gasteiger partial charge in [0.25, 0.3) is 11.5 Å².